The van der Waals surface area contributed by atoms with Crippen molar-refractivity contribution < 1.29 is 5.11 Å². The highest BCUT2D eigenvalue weighted by molar-refractivity contribution is 5.50. The highest BCUT2D eigenvalue weighted by atomic mass is 16.3. The second kappa shape index (κ2) is 5.40. The van der Waals surface area contributed by atoms with Crippen LogP contribution in [0.1, 0.15) is 74.6 Å². The van der Waals surface area contributed by atoms with Crippen molar-refractivity contribution in [2.24, 2.45) is 5.92 Å². The molecule has 0 saturated heterocycles. The quantitative estimate of drug-likeness (QED) is 0.832. The maximum absolute atomic E-state index is 10.3. The number of hydrogen-bond donors (Lipinski definition) is 2. The fourth-order valence-electron chi connectivity index (χ4n) is 3.89. The summed E-state index contributed by atoms with van der Waals surface area (Å²) in [7, 11) is 0. The number of hydrogen-bond acceptors (Lipinski definition) is 2. The van der Waals surface area contributed by atoms with E-state index < -0.39 is 0 Å². The standard InChI is InChI=1S/C18H27NO/c1-4-14(10-13-6-7-13)19-15-9-12(3)17-11(2)5-8-16(20)18(15)17/h5,8,12-15,19-20H,4,6-7,9-10H2,1-3H3. The van der Waals surface area contributed by atoms with Gasteiger partial charge in [-0.15, -0.1) is 0 Å². The van der Waals surface area contributed by atoms with Gasteiger partial charge in [0.15, 0.2) is 0 Å². The lowest BCUT2D eigenvalue weighted by atomic mass is 9.97. The number of fused-ring (bicyclic) bond motifs is 1. The maximum Gasteiger partial charge on any atom is 0.120 e. The van der Waals surface area contributed by atoms with Crippen LogP contribution >= 0.6 is 0 Å². The molecular weight excluding hydrogens is 246 g/mol. The topological polar surface area (TPSA) is 32.3 Å². The van der Waals surface area contributed by atoms with Gasteiger partial charge in [-0.3, -0.25) is 0 Å². The molecule has 2 heteroatoms. The monoisotopic (exact) mass is 273 g/mol. The molecule has 3 atom stereocenters. The lowest BCUT2D eigenvalue weighted by molar-refractivity contribution is 0.372. The van der Waals surface area contributed by atoms with Crippen LogP contribution in [0.4, 0.5) is 0 Å². The van der Waals surface area contributed by atoms with Crippen LogP contribution in [0.3, 0.4) is 0 Å². The molecule has 2 aliphatic carbocycles. The van der Waals surface area contributed by atoms with Crippen molar-refractivity contribution in [3.8, 4) is 5.75 Å². The Kier molecular flexibility index (Phi) is 3.76. The van der Waals surface area contributed by atoms with Gasteiger partial charge in [0, 0.05) is 17.6 Å². The van der Waals surface area contributed by atoms with Crippen LogP contribution in [0.25, 0.3) is 0 Å². The van der Waals surface area contributed by atoms with Crippen LogP contribution in [0.15, 0.2) is 12.1 Å². The van der Waals surface area contributed by atoms with Gasteiger partial charge >= 0.3 is 0 Å². The Bertz CT molecular complexity index is 492. The zero-order valence-corrected chi connectivity index (χ0v) is 12.9. The number of aromatic hydroxyl groups is 1. The molecule has 0 spiro atoms. The third-order valence-electron chi connectivity index (χ3n) is 5.16. The summed E-state index contributed by atoms with van der Waals surface area (Å²) >= 11 is 0. The average molecular weight is 273 g/mol. The normalized spacial score (nSPS) is 26.6. The van der Waals surface area contributed by atoms with Crippen LogP contribution in [-0.4, -0.2) is 11.1 Å². The molecule has 1 aromatic carbocycles. The van der Waals surface area contributed by atoms with Crippen molar-refractivity contribution >= 4 is 0 Å². The number of nitrogens with one attached hydrogen (secondary N) is 1. The van der Waals surface area contributed by atoms with E-state index in [9.17, 15) is 5.11 Å². The van der Waals surface area contributed by atoms with Gasteiger partial charge in [0.05, 0.1) is 0 Å². The van der Waals surface area contributed by atoms with Gasteiger partial charge < -0.3 is 10.4 Å². The van der Waals surface area contributed by atoms with E-state index in [0.717, 1.165) is 12.3 Å². The smallest absolute Gasteiger partial charge is 0.120 e. The zero-order valence-electron chi connectivity index (χ0n) is 12.9. The molecule has 2 N–H and O–H groups in total. The van der Waals surface area contributed by atoms with Crippen molar-refractivity contribution in [2.75, 3.05) is 0 Å². The van der Waals surface area contributed by atoms with E-state index in [1.54, 1.807) is 0 Å². The first kappa shape index (κ1) is 13.9. The van der Waals surface area contributed by atoms with Crippen molar-refractivity contribution in [2.45, 2.75) is 70.9 Å². The molecule has 0 bridgehead atoms. The fourth-order valence-corrected chi connectivity index (χ4v) is 3.89. The van der Waals surface area contributed by atoms with Gasteiger partial charge in [-0.1, -0.05) is 32.8 Å². The molecule has 1 fully saturated rings. The first-order valence-electron chi connectivity index (χ1n) is 8.18. The lowest BCUT2D eigenvalue weighted by Gasteiger charge is -2.23. The highest BCUT2D eigenvalue weighted by Crippen LogP contribution is 2.46. The second-order valence-corrected chi connectivity index (χ2v) is 6.87. The van der Waals surface area contributed by atoms with Gasteiger partial charge in [0.1, 0.15) is 5.75 Å². The van der Waals surface area contributed by atoms with Crippen LogP contribution in [0, 0.1) is 12.8 Å². The molecule has 0 radical (unpaired) electrons. The SMILES string of the molecule is CCC(CC1CC1)NC1CC(C)c2c(C)ccc(O)c21. The minimum atomic E-state index is 0.337. The molecule has 110 valence electrons. The largest absolute Gasteiger partial charge is 0.508 e. The third-order valence-corrected chi connectivity index (χ3v) is 5.16. The number of benzene rings is 1. The minimum absolute atomic E-state index is 0.337. The fraction of sp³-hybridized carbons (Fsp3) is 0.667. The van der Waals surface area contributed by atoms with Crippen molar-refractivity contribution in [3.63, 3.8) is 0 Å². The average Bonchev–Trinajstić information content (AvgIpc) is 3.17. The van der Waals surface area contributed by atoms with Crippen molar-refractivity contribution in [1.82, 2.24) is 5.32 Å². The van der Waals surface area contributed by atoms with Crippen LogP contribution in [0.2, 0.25) is 0 Å². The summed E-state index contributed by atoms with van der Waals surface area (Å²) in [6, 6.07) is 4.85. The van der Waals surface area contributed by atoms with Gasteiger partial charge in [-0.05, 0) is 55.2 Å². The molecule has 0 heterocycles. The number of phenols is 1. The van der Waals surface area contributed by atoms with E-state index in [0.29, 0.717) is 23.8 Å². The summed E-state index contributed by atoms with van der Waals surface area (Å²) in [4.78, 5) is 0. The van der Waals surface area contributed by atoms with E-state index in [1.807, 2.05) is 6.07 Å². The molecule has 1 aromatic rings. The Labute approximate surface area is 122 Å². The molecule has 20 heavy (non-hydrogen) atoms. The third kappa shape index (κ3) is 2.58. The summed E-state index contributed by atoms with van der Waals surface area (Å²) in [5.41, 5.74) is 3.88. The van der Waals surface area contributed by atoms with Gasteiger partial charge in [0.2, 0.25) is 0 Å². The number of phenolic OH excluding ortho intramolecular Hbond substituents is 1. The molecule has 3 unspecified atom stereocenters. The lowest BCUT2D eigenvalue weighted by Crippen LogP contribution is -2.32. The number of rotatable bonds is 5. The van der Waals surface area contributed by atoms with E-state index in [2.05, 4.69) is 32.2 Å². The molecule has 0 aliphatic heterocycles. The van der Waals surface area contributed by atoms with E-state index in [1.165, 1.54) is 42.4 Å². The van der Waals surface area contributed by atoms with E-state index >= 15 is 0 Å². The summed E-state index contributed by atoms with van der Waals surface area (Å²) in [6.07, 6.45) is 6.45. The predicted octanol–water partition coefficient (Wildman–Crippen LogP) is 4.42. The zero-order chi connectivity index (χ0) is 14.3. The number of aryl methyl sites for hydroxylation is 1. The molecule has 3 rings (SSSR count). The Morgan fingerprint density at radius 1 is 1.30 bits per heavy atom. The minimum Gasteiger partial charge on any atom is -0.508 e. The summed E-state index contributed by atoms with van der Waals surface area (Å²) in [5.74, 6) is 1.98. The van der Waals surface area contributed by atoms with Crippen LogP contribution < -0.4 is 5.32 Å². The van der Waals surface area contributed by atoms with Gasteiger partial charge in [0.25, 0.3) is 0 Å². The highest BCUT2D eigenvalue weighted by Gasteiger charge is 2.34. The van der Waals surface area contributed by atoms with Crippen molar-refractivity contribution in [3.05, 3.63) is 28.8 Å². The second-order valence-electron chi connectivity index (χ2n) is 6.87. The van der Waals surface area contributed by atoms with E-state index in [4.69, 9.17) is 0 Å². The molecule has 1 saturated carbocycles. The predicted molar refractivity (Wildman–Crippen MR) is 83.2 cm³/mol. The Balaban J connectivity index is 1.81. The maximum atomic E-state index is 10.3. The Morgan fingerprint density at radius 3 is 2.70 bits per heavy atom. The first-order chi connectivity index (χ1) is 9.60. The van der Waals surface area contributed by atoms with Crippen molar-refractivity contribution in [1.29, 1.82) is 0 Å². The molecule has 0 amide bonds. The van der Waals surface area contributed by atoms with Crippen LogP contribution in [-0.2, 0) is 0 Å². The van der Waals surface area contributed by atoms with Gasteiger partial charge in [-0.25, -0.2) is 0 Å². The summed E-state index contributed by atoms with van der Waals surface area (Å²) in [6.45, 7) is 6.73. The molecular formula is C18H27NO. The van der Waals surface area contributed by atoms with E-state index in [-0.39, 0.29) is 0 Å². The molecule has 2 nitrogen and oxygen atoms in total. The van der Waals surface area contributed by atoms with Crippen LogP contribution in [0.5, 0.6) is 5.75 Å². The first-order valence-corrected chi connectivity index (χ1v) is 8.18. The Hall–Kier alpha value is -1.02. The summed E-state index contributed by atoms with van der Waals surface area (Å²) < 4.78 is 0. The molecule has 2 aliphatic rings. The summed E-state index contributed by atoms with van der Waals surface area (Å²) in [5, 5.41) is 14.1. The molecule has 0 aromatic heterocycles. The van der Waals surface area contributed by atoms with Gasteiger partial charge in [-0.2, -0.15) is 0 Å². The Morgan fingerprint density at radius 2 is 2.05 bits per heavy atom.